The number of alkyl halides is 6. The molecule has 0 N–H and O–H groups in total. The first-order valence-electron chi connectivity index (χ1n) is 3.89. The van der Waals surface area contributed by atoms with Gasteiger partial charge in [0.05, 0.1) is 0 Å². The highest BCUT2D eigenvalue weighted by Gasteiger charge is 2.36. The molecule has 17 heavy (non-hydrogen) atoms. The van der Waals surface area contributed by atoms with Crippen molar-refractivity contribution in [2.75, 3.05) is 0 Å². The van der Waals surface area contributed by atoms with Gasteiger partial charge in [0.25, 0.3) is 0 Å². The first kappa shape index (κ1) is 13.3. The van der Waals surface area contributed by atoms with Crippen molar-refractivity contribution in [2.45, 2.75) is 12.7 Å². The molecule has 0 spiro atoms. The van der Waals surface area contributed by atoms with Gasteiger partial charge in [-0.3, -0.25) is 5.11 Å². The molecule has 95 valence electrons. The van der Waals surface area contributed by atoms with E-state index in [9.17, 15) is 31.4 Å². The molecule has 0 aliphatic carbocycles. The van der Waals surface area contributed by atoms with E-state index in [1.54, 1.807) is 0 Å². The van der Waals surface area contributed by atoms with Gasteiger partial charge in [-0.2, -0.15) is 0 Å². The molecule has 0 bridgehead atoms. The van der Waals surface area contributed by atoms with Gasteiger partial charge in [0, 0.05) is 6.07 Å². The molecule has 0 aliphatic heterocycles. The van der Waals surface area contributed by atoms with Crippen LogP contribution >= 0.6 is 0 Å². The molecule has 0 saturated heterocycles. The van der Waals surface area contributed by atoms with Crippen molar-refractivity contribution < 1.29 is 40.9 Å². The molecule has 0 aliphatic rings. The average molecular weight is 261 g/mol. The molecule has 0 unspecified atom stereocenters. The summed E-state index contributed by atoms with van der Waals surface area (Å²) in [4.78, 5) is 0. The van der Waals surface area contributed by atoms with Crippen molar-refractivity contribution in [1.82, 2.24) is 0 Å². The minimum Gasteiger partial charge on any atom is -0.402 e. The third-order valence-corrected chi connectivity index (χ3v) is 1.37. The molecule has 1 rings (SSSR count). The molecule has 1 aromatic carbocycles. The lowest BCUT2D eigenvalue weighted by Gasteiger charge is -2.14. The predicted molar refractivity (Wildman–Crippen MR) is 39.9 cm³/mol. The van der Waals surface area contributed by atoms with E-state index in [0.717, 1.165) is 0 Å². The Morgan fingerprint density at radius 1 is 0.824 bits per heavy atom. The van der Waals surface area contributed by atoms with Crippen LogP contribution in [0.2, 0.25) is 0 Å². The molecular weight excluding hydrogens is 258 g/mol. The SMILES string of the molecule is [O]c1ccc(OC(F)(F)F)c(OC(F)(F)F)c1. The minimum atomic E-state index is -5.22. The van der Waals surface area contributed by atoms with Crippen molar-refractivity contribution in [2.24, 2.45) is 0 Å². The van der Waals surface area contributed by atoms with Crippen LogP contribution in [0.15, 0.2) is 18.2 Å². The zero-order valence-electron chi connectivity index (χ0n) is 7.72. The molecule has 0 atom stereocenters. The molecule has 1 radical (unpaired) electrons. The highest BCUT2D eigenvalue weighted by Crippen LogP contribution is 2.37. The maximum absolute atomic E-state index is 11.8. The van der Waals surface area contributed by atoms with Crippen molar-refractivity contribution in [3.05, 3.63) is 18.2 Å². The van der Waals surface area contributed by atoms with Crippen LogP contribution in [0, 0.1) is 0 Å². The number of halogens is 6. The van der Waals surface area contributed by atoms with Crippen LogP contribution in [0.3, 0.4) is 0 Å². The third kappa shape index (κ3) is 4.70. The Morgan fingerprint density at radius 3 is 1.76 bits per heavy atom. The zero-order valence-corrected chi connectivity index (χ0v) is 7.72. The Bertz CT molecular complexity index is 397. The number of ether oxygens (including phenoxy) is 2. The average Bonchev–Trinajstić information content (AvgIpc) is 2.05. The molecule has 0 fully saturated rings. The Labute approximate surface area is 90.2 Å². The second kappa shape index (κ2) is 4.22. The van der Waals surface area contributed by atoms with Gasteiger partial charge in [-0.25, -0.2) is 0 Å². The van der Waals surface area contributed by atoms with Crippen molar-refractivity contribution >= 4 is 0 Å². The van der Waals surface area contributed by atoms with Gasteiger partial charge in [-0.1, -0.05) is 0 Å². The molecule has 9 heteroatoms. The van der Waals surface area contributed by atoms with E-state index in [-0.39, 0.29) is 6.07 Å². The second-order valence-corrected chi connectivity index (χ2v) is 2.70. The molecular formula is C8H3F6O3. The first-order chi connectivity index (χ1) is 7.57. The van der Waals surface area contributed by atoms with Gasteiger partial charge in [0.15, 0.2) is 17.2 Å². The van der Waals surface area contributed by atoms with E-state index in [1.807, 2.05) is 0 Å². The van der Waals surface area contributed by atoms with Gasteiger partial charge in [-0.05, 0) is 12.1 Å². The number of hydrogen-bond acceptors (Lipinski definition) is 2. The van der Waals surface area contributed by atoms with Crippen molar-refractivity contribution in [3.63, 3.8) is 0 Å². The summed E-state index contributed by atoms with van der Waals surface area (Å²) in [6.45, 7) is 0. The highest BCUT2D eigenvalue weighted by molar-refractivity contribution is 5.45. The van der Waals surface area contributed by atoms with E-state index >= 15 is 0 Å². The smallest absolute Gasteiger partial charge is 0.402 e. The van der Waals surface area contributed by atoms with Crippen LogP contribution in [-0.2, 0) is 5.11 Å². The second-order valence-electron chi connectivity index (χ2n) is 2.70. The van der Waals surface area contributed by atoms with Crippen LogP contribution in [0.5, 0.6) is 17.2 Å². The van der Waals surface area contributed by atoms with Crippen molar-refractivity contribution in [3.8, 4) is 17.2 Å². The summed E-state index contributed by atoms with van der Waals surface area (Å²) in [5.74, 6) is -3.53. The van der Waals surface area contributed by atoms with Gasteiger partial charge >= 0.3 is 12.7 Å². The zero-order chi connectivity index (χ0) is 13.3. The van der Waals surface area contributed by atoms with E-state index in [4.69, 9.17) is 0 Å². The number of benzene rings is 1. The molecule has 0 heterocycles. The number of hydrogen-bond donors (Lipinski definition) is 0. The van der Waals surface area contributed by atoms with E-state index in [0.29, 0.717) is 12.1 Å². The topological polar surface area (TPSA) is 38.4 Å². The fraction of sp³-hybridized carbons (Fsp3) is 0.250. The summed E-state index contributed by atoms with van der Waals surface area (Å²) in [6.07, 6.45) is -10.4. The van der Waals surface area contributed by atoms with E-state index < -0.39 is 30.0 Å². The maximum atomic E-state index is 11.8. The largest absolute Gasteiger partial charge is 0.573 e. The van der Waals surface area contributed by atoms with E-state index in [2.05, 4.69) is 9.47 Å². The minimum absolute atomic E-state index is 0.245. The Morgan fingerprint density at radius 2 is 1.29 bits per heavy atom. The fourth-order valence-electron chi connectivity index (χ4n) is 0.902. The summed E-state index contributed by atoms with van der Waals surface area (Å²) in [7, 11) is 0. The summed E-state index contributed by atoms with van der Waals surface area (Å²) < 4.78 is 77.4. The Balaban J connectivity index is 3.04. The summed E-state index contributed by atoms with van der Waals surface area (Å²) in [5, 5.41) is 10.7. The summed E-state index contributed by atoms with van der Waals surface area (Å²) >= 11 is 0. The quantitative estimate of drug-likeness (QED) is 0.762. The van der Waals surface area contributed by atoms with Gasteiger partial charge < -0.3 is 9.47 Å². The van der Waals surface area contributed by atoms with Crippen LogP contribution in [-0.4, -0.2) is 12.7 Å². The first-order valence-corrected chi connectivity index (χ1v) is 3.89. The lowest BCUT2D eigenvalue weighted by Crippen LogP contribution is -2.21. The van der Waals surface area contributed by atoms with Gasteiger partial charge in [0.2, 0.25) is 0 Å². The highest BCUT2D eigenvalue weighted by atomic mass is 19.4. The summed E-state index contributed by atoms with van der Waals surface area (Å²) in [5.41, 5.74) is 0. The molecule has 0 amide bonds. The predicted octanol–water partition coefficient (Wildman–Crippen LogP) is 3.63. The molecule has 3 nitrogen and oxygen atoms in total. The van der Waals surface area contributed by atoms with Crippen LogP contribution in [0.1, 0.15) is 0 Å². The standard InChI is InChI=1S/C8H3F6O3/c9-7(10,11)16-5-2-1-4(15)3-6(5)17-8(12,13)14/h1-3H. The Kier molecular flexibility index (Phi) is 3.30. The number of rotatable bonds is 2. The van der Waals surface area contributed by atoms with Crippen molar-refractivity contribution in [1.29, 1.82) is 0 Å². The maximum Gasteiger partial charge on any atom is 0.573 e. The normalized spacial score (nSPS) is 12.4. The third-order valence-electron chi connectivity index (χ3n) is 1.37. The van der Waals surface area contributed by atoms with Gasteiger partial charge in [0.1, 0.15) is 0 Å². The lowest BCUT2D eigenvalue weighted by molar-refractivity contribution is -0.287. The monoisotopic (exact) mass is 261 g/mol. The summed E-state index contributed by atoms with van der Waals surface area (Å²) in [6, 6.07) is 1.30. The Hall–Kier alpha value is -1.80. The van der Waals surface area contributed by atoms with Crippen LogP contribution < -0.4 is 9.47 Å². The molecule has 0 saturated carbocycles. The molecule has 0 aromatic heterocycles. The van der Waals surface area contributed by atoms with E-state index in [1.165, 1.54) is 0 Å². The van der Waals surface area contributed by atoms with Crippen LogP contribution in [0.25, 0.3) is 0 Å². The van der Waals surface area contributed by atoms with Crippen LogP contribution in [0.4, 0.5) is 26.3 Å². The fourth-order valence-corrected chi connectivity index (χ4v) is 0.902. The van der Waals surface area contributed by atoms with Gasteiger partial charge in [-0.15, -0.1) is 26.3 Å². The molecule has 1 aromatic rings. The lowest BCUT2D eigenvalue weighted by atomic mass is 10.3.